The first-order chi connectivity index (χ1) is 14.1. The summed E-state index contributed by atoms with van der Waals surface area (Å²) in [6.07, 6.45) is 32.0. The van der Waals surface area contributed by atoms with Gasteiger partial charge in [0.1, 0.15) is 0 Å². The molecule has 0 aromatic rings. The van der Waals surface area contributed by atoms with Gasteiger partial charge in [0.05, 0.1) is 0 Å². The second-order valence-corrected chi connectivity index (χ2v) is 38.0. The Bertz CT molecular complexity index is 279. The molecule has 0 saturated carbocycles. The van der Waals surface area contributed by atoms with Crippen LogP contribution in [0.5, 0.6) is 0 Å². The molecule has 0 aliphatic carbocycles. The summed E-state index contributed by atoms with van der Waals surface area (Å²) in [5.74, 6) is 0. The summed E-state index contributed by atoms with van der Waals surface area (Å²) in [7, 11) is 0. The van der Waals surface area contributed by atoms with Crippen LogP contribution in [0.4, 0.5) is 0 Å². The molecule has 0 unspecified atom stereocenters. The third-order valence-corrected chi connectivity index (χ3v) is 19.8. The number of rotatable bonds is 24. The monoisotopic (exact) mass is 654 g/mol. The van der Waals surface area contributed by atoms with Crippen LogP contribution in [0.2, 0.25) is 8.94 Å². The predicted molar refractivity (Wildman–Crippen MR) is 146 cm³/mol. The number of hydrogen-bond acceptors (Lipinski definition) is 0. The van der Waals surface area contributed by atoms with E-state index >= 15 is 0 Å². The normalized spacial score (nSPS) is 12.6. The van der Waals surface area contributed by atoms with Gasteiger partial charge in [0.15, 0.2) is 0 Å². The van der Waals surface area contributed by atoms with Crippen LogP contribution in [0.25, 0.3) is 0 Å². The fraction of sp³-hybridized carbons (Fsp3) is 1.00. The van der Waals surface area contributed by atoms with Crippen molar-refractivity contribution in [2.75, 3.05) is 0 Å². The molecule has 0 amide bonds. The Morgan fingerprint density at radius 2 is 0.552 bits per heavy atom. The predicted octanol–water partition coefficient (Wildman–Crippen LogP) is 11.8. The first kappa shape index (κ1) is 30.7. The summed E-state index contributed by atoms with van der Waals surface area (Å²) in [4.78, 5) is 0. The second-order valence-electron chi connectivity index (χ2n) is 9.18. The number of halogens is 2. The second kappa shape index (κ2) is 24.4. The average molecular weight is 654 g/mol. The molecule has 178 valence electrons. The molecule has 0 spiro atoms. The molecule has 0 atom stereocenters. The van der Waals surface area contributed by atoms with Crippen molar-refractivity contribution >= 4 is 39.3 Å². The van der Waals surface area contributed by atoms with Gasteiger partial charge in [0.25, 0.3) is 0 Å². The molecule has 0 fully saturated rings. The molecule has 0 aliphatic heterocycles. The van der Waals surface area contributed by atoms with Gasteiger partial charge in [-0.25, -0.2) is 0 Å². The molecule has 0 heterocycles. The first-order valence-corrected chi connectivity index (χ1v) is 27.0. The van der Waals surface area contributed by atoms with Crippen LogP contribution in [0.1, 0.15) is 155 Å². The molecule has 0 aliphatic rings. The Hall–Kier alpha value is 1.75. The van der Waals surface area contributed by atoms with Gasteiger partial charge >= 0.3 is 189 Å². The van der Waals surface area contributed by atoms with Crippen molar-refractivity contribution in [1.29, 1.82) is 0 Å². The Morgan fingerprint density at radius 1 is 0.345 bits per heavy atom. The van der Waals surface area contributed by atoms with E-state index in [-0.39, 0.29) is 0 Å². The van der Waals surface area contributed by atoms with Crippen molar-refractivity contribution in [2.24, 2.45) is 0 Å². The minimum atomic E-state index is -1.81. The van der Waals surface area contributed by atoms with Gasteiger partial charge in [-0.15, -0.1) is 0 Å². The Labute approximate surface area is 201 Å². The molecule has 0 rings (SSSR count). The van der Waals surface area contributed by atoms with Gasteiger partial charge in [-0.05, 0) is 0 Å². The molecule has 0 saturated heterocycles. The van der Waals surface area contributed by atoms with Gasteiger partial charge in [0.2, 0.25) is 0 Å². The van der Waals surface area contributed by atoms with Crippen molar-refractivity contribution in [2.45, 2.75) is 164 Å². The van der Waals surface area contributed by atoms with Crippen LogP contribution in [-0.2, 0) is 0 Å². The van der Waals surface area contributed by atoms with Crippen molar-refractivity contribution in [3.8, 4) is 0 Å². The van der Waals surface area contributed by atoms with Crippen LogP contribution >= 0.6 is 25.5 Å². The minimum Gasteiger partial charge on any atom is -0.0654 e. The molecule has 0 nitrogen and oxygen atoms in total. The van der Waals surface area contributed by atoms with Crippen molar-refractivity contribution < 1.29 is 0 Å². The Morgan fingerprint density at radius 3 is 0.793 bits per heavy atom. The SMILES string of the molecule is CCCCCCCCCCCCC[Te](Br)(Br)CCCCCCCCCCCCC. The van der Waals surface area contributed by atoms with Crippen LogP contribution in [0.3, 0.4) is 0 Å². The van der Waals surface area contributed by atoms with E-state index < -0.39 is 13.8 Å². The van der Waals surface area contributed by atoms with Crippen molar-refractivity contribution in [3.05, 3.63) is 0 Å². The first-order valence-electron chi connectivity index (χ1n) is 13.3. The zero-order valence-electron chi connectivity index (χ0n) is 20.1. The Kier molecular flexibility index (Phi) is 25.9. The van der Waals surface area contributed by atoms with E-state index in [1.165, 1.54) is 150 Å². The van der Waals surface area contributed by atoms with E-state index in [2.05, 4.69) is 39.4 Å². The van der Waals surface area contributed by atoms with E-state index in [4.69, 9.17) is 0 Å². The van der Waals surface area contributed by atoms with E-state index in [9.17, 15) is 0 Å². The quantitative estimate of drug-likeness (QED) is 0.0718. The van der Waals surface area contributed by atoms with E-state index in [1.54, 1.807) is 0 Å². The van der Waals surface area contributed by atoms with Gasteiger partial charge in [-0.2, -0.15) is 0 Å². The number of unbranched alkanes of at least 4 members (excludes halogenated alkanes) is 20. The third-order valence-electron chi connectivity index (χ3n) is 6.09. The van der Waals surface area contributed by atoms with Gasteiger partial charge in [0, 0.05) is 0 Å². The molecule has 0 N–H and O–H groups in total. The maximum atomic E-state index is 4.14. The molecule has 3 heteroatoms. The van der Waals surface area contributed by atoms with Gasteiger partial charge in [-0.1, -0.05) is 13.8 Å². The zero-order valence-corrected chi connectivity index (χ0v) is 25.6. The van der Waals surface area contributed by atoms with E-state index in [0.29, 0.717) is 0 Å². The topological polar surface area (TPSA) is 0 Å². The third kappa shape index (κ3) is 25.9. The van der Waals surface area contributed by atoms with E-state index in [0.717, 1.165) is 0 Å². The molecule has 29 heavy (non-hydrogen) atoms. The van der Waals surface area contributed by atoms with Crippen LogP contribution in [0.15, 0.2) is 0 Å². The smallest absolute Gasteiger partial charge is 0.0654 e. The average Bonchev–Trinajstić information content (AvgIpc) is 2.70. The van der Waals surface area contributed by atoms with Crippen LogP contribution in [-0.4, -0.2) is 13.8 Å². The zero-order chi connectivity index (χ0) is 21.5. The molecular weight excluding hydrogens is 600 g/mol. The molecule has 0 aromatic heterocycles. The summed E-state index contributed by atoms with van der Waals surface area (Å²) in [6, 6.07) is 0. The summed E-state index contributed by atoms with van der Waals surface area (Å²) in [5, 5.41) is 0. The molecule has 0 radical (unpaired) electrons. The summed E-state index contributed by atoms with van der Waals surface area (Å²) < 4.78 is 2.94. The van der Waals surface area contributed by atoms with Gasteiger partial charge < -0.3 is 0 Å². The summed E-state index contributed by atoms with van der Waals surface area (Å²) >= 11 is 6.46. The van der Waals surface area contributed by atoms with Crippen LogP contribution < -0.4 is 0 Å². The van der Waals surface area contributed by atoms with E-state index in [1.807, 2.05) is 0 Å². The van der Waals surface area contributed by atoms with Crippen molar-refractivity contribution in [1.82, 2.24) is 0 Å². The molecule has 0 aromatic carbocycles. The maximum absolute atomic E-state index is 4.14. The Balaban J connectivity index is 3.30. The summed E-state index contributed by atoms with van der Waals surface area (Å²) in [5.41, 5.74) is 0. The van der Waals surface area contributed by atoms with Gasteiger partial charge in [-0.3, -0.25) is 0 Å². The standard InChI is InChI=1S/C26H54Br2Te/c1-3-5-7-9-11-13-15-17-19-21-23-25-29(27,28)26-24-22-20-18-16-14-12-10-8-6-4-2/h3-26H2,1-2H3. The molecular formula is C26H54Br2Te. The minimum absolute atomic E-state index is 1.37. The van der Waals surface area contributed by atoms with Crippen molar-refractivity contribution in [3.63, 3.8) is 0 Å². The summed E-state index contributed by atoms with van der Waals surface area (Å²) in [6.45, 7) is 4.60. The number of hydrogen-bond donors (Lipinski definition) is 0. The fourth-order valence-corrected chi connectivity index (χ4v) is 14.4. The molecule has 0 bridgehead atoms. The fourth-order valence-electron chi connectivity index (χ4n) is 4.06. The van der Waals surface area contributed by atoms with Crippen LogP contribution in [0, 0.1) is 0 Å².